The van der Waals surface area contributed by atoms with Crippen LogP contribution in [0.4, 0.5) is 0 Å². The van der Waals surface area contributed by atoms with E-state index in [2.05, 4.69) is 31.3 Å². The summed E-state index contributed by atoms with van der Waals surface area (Å²) in [6.07, 6.45) is 2.55. The van der Waals surface area contributed by atoms with Crippen molar-refractivity contribution in [2.75, 3.05) is 6.54 Å². The van der Waals surface area contributed by atoms with Crippen molar-refractivity contribution in [3.8, 4) is 0 Å². The van der Waals surface area contributed by atoms with Crippen LogP contribution >= 0.6 is 11.6 Å². The van der Waals surface area contributed by atoms with Crippen LogP contribution in [0.5, 0.6) is 0 Å². The van der Waals surface area contributed by atoms with Gasteiger partial charge in [-0.05, 0) is 37.1 Å². The molecule has 15 heavy (non-hydrogen) atoms. The van der Waals surface area contributed by atoms with Crippen LogP contribution in [0.1, 0.15) is 32.3 Å². The second-order valence-electron chi connectivity index (χ2n) is 4.88. The first-order valence-electron chi connectivity index (χ1n) is 5.60. The number of rotatable bonds is 2. The highest BCUT2D eigenvalue weighted by Crippen LogP contribution is 2.32. The maximum absolute atomic E-state index is 6.04. The summed E-state index contributed by atoms with van der Waals surface area (Å²) < 4.78 is 0. The Bertz CT molecular complexity index is 340. The summed E-state index contributed by atoms with van der Waals surface area (Å²) in [5, 5.41) is 4.40. The van der Waals surface area contributed by atoms with Gasteiger partial charge in [-0.1, -0.05) is 37.6 Å². The molecule has 0 saturated carbocycles. The molecule has 1 aromatic rings. The minimum Gasteiger partial charge on any atom is -0.313 e. The molecule has 2 rings (SSSR count). The van der Waals surface area contributed by atoms with E-state index in [1.807, 2.05) is 12.1 Å². The minimum atomic E-state index is 0.168. The monoisotopic (exact) mass is 223 g/mol. The van der Waals surface area contributed by atoms with Crippen LogP contribution in [-0.4, -0.2) is 12.6 Å². The van der Waals surface area contributed by atoms with Gasteiger partial charge < -0.3 is 5.32 Å². The number of hydrogen-bond acceptors (Lipinski definition) is 1. The zero-order chi connectivity index (χ0) is 10.9. The van der Waals surface area contributed by atoms with Crippen molar-refractivity contribution in [2.45, 2.75) is 38.1 Å². The lowest BCUT2D eigenvalue weighted by Gasteiger charge is -2.32. The van der Waals surface area contributed by atoms with Gasteiger partial charge >= 0.3 is 0 Å². The fraction of sp³-hybridized carbons (Fsp3) is 0.538. The van der Waals surface area contributed by atoms with E-state index >= 15 is 0 Å². The maximum atomic E-state index is 6.04. The Hall–Kier alpha value is -0.530. The van der Waals surface area contributed by atoms with Crippen LogP contribution in [0.25, 0.3) is 0 Å². The summed E-state index contributed by atoms with van der Waals surface area (Å²) in [4.78, 5) is 0. The van der Waals surface area contributed by atoms with Gasteiger partial charge in [0, 0.05) is 16.5 Å². The zero-order valence-corrected chi connectivity index (χ0v) is 10.1. The van der Waals surface area contributed by atoms with Crippen LogP contribution in [-0.2, 0) is 5.41 Å². The van der Waals surface area contributed by atoms with Gasteiger partial charge in [0.15, 0.2) is 0 Å². The number of hydrogen-bond donors (Lipinski definition) is 1. The molecular weight excluding hydrogens is 206 g/mol. The minimum absolute atomic E-state index is 0.168. The lowest BCUT2D eigenvalue weighted by atomic mass is 9.77. The third-order valence-electron chi connectivity index (χ3n) is 3.50. The predicted molar refractivity (Wildman–Crippen MR) is 65.5 cm³/mol. The van der Waals surface area contributed by atoms with Crippen LogP contribution in [0.2, 0.25) is 5.02 Å². The molecule has 1 aliphatic rings. The van der Waals surface area contributed by atoms with Crippen molar-refractivity contribution in [2.24, 2.45) is 0 Å². The van der Waals surface area contributed by atoms with Gasteiger partial charge in [0.1, 0.15) is 0 Å². The van der Waals surface area contributed by atoms with Gasteiger partial charge in [0.25, 0.3) is 0 Å². The van der Waals surface area contributed by atoms with E-state index in [1.165, 1.54) is 18.4 Å². The van der Waals surface area contributed by atoms with Crippen molar-refractivity contribution in [1.82, 2.24) is 5.32 Å². The Kier molecular flexibility index (Phi) is 3.03. The summed E-state index contributed by atoms with van der Waals surface area (Å²) in [6, 6.07) is 8.81. The molecule has 1 heterocycles. The van der Waals surface area contributed by atoms with Crippen molar-refractivity contribution >= 4 is 11.6 Å². The maximum Gasteiger partial charge on any atom is 0.0408 e. The normalized spacial score (nSPS) is 21.9. The Labute approximate surface area is 96.8 Å². The first kappa shape index (κ1) is 11.0. The SMILES string of the molecule is CC(C)(c1cccc(Cl)c1)C1CCCN1. The third-order valence-corrected chi connectivity index (χ3v) is 3.74. The van der Waals surface area contributed by atoms with Gasteiger partial charge in [0.2, 0.25) is 0 Å². The molecule has 0 spiro atoms. The Morgan fingerprint density at radius 3 is 2.80 bits per heavy atom. The van der Waals surface area contributed by atoms with Crippen molar-refractivity contribution in [3.05, 3.63) is 34.9 Å². The Balaban J connectivity index is 2.27. The third kappa shape index (κ3) is 2.19. The van der Waals surface area contributed by atoms with Crippen molar-refractivity contribution in [1.29, 1.82) is 0 Å². The van der Waals surface area contributed by atoms with Gasteiger partial charge in [-0.25, -0.2) is 0 Å². The highest BCUT2D eigenvalue weighted by molar-refractivity contribution is 6.30. The molecule has 1 unspecified atom stereocenters. The highest BCUT2D eigenvalue weighted by Gasteiger charge is 2.32. The Morgan fingerprint density at radius 2 is 2.20 bits per heavy atom. The van der Waals surface area contributed by atoms with Crippen molar-refractivity contribution in [3.63, 3.8) is 0 Å². The van der Waals surface area contributed by atoms with Crippen LogP contribution in [0.3, 0.4) is 0 Å². The molecule has 0 aromatic heterocycles. The molecule has 1 N–H and O–H groups in total. The van der Waals surface area contributed by atoms with E-state index in [9.17, 15) is 0 Å². The predicted octanol–water partition coefficient (Wildman–Crippen LogP) is 3.37. The molecule has 82 valence electrons. The quantitative estimate of drug-likeness (QED) is 0.811. The summed E-state index contributed by atoms with van der Waals surface area (Å²) >= 11 is 6.04. The molecule has 1 saturated heterocycles. The van der Waals surface area contributed by atoms with E-state index < -0.39 is 0 Å². The van der Waals surface area contributed by atoms with E-state index in [-0.39, 0.29) is 5.41 Å². The highest BCUT2D eigenvalue weighted by atomic mass is 35.5. The molecule has 1 fully saturated rings. The topological polar surface area (TPSA) is 12.0 Å². The first-order valence-corrected chi connectivity index (χ1v) is 5.98. The van der Waals surface area contributed by atoms with Crippen molar-refractivity contribution < 1.29 is 0 Å². The molecule has 1 nitrogen and oxygen atoms in total. The number of halogens is 1. The van der Waals surface area contributed by atoms with E-state index in [0.29, 0.717) is 6.04 Å². The second kappa shape index (κ2) is 4.15. The molecular formula is C13H18ClN. The average molecular weight is 224 g/mol. The lowest BCUT2D eigenvalue weighted by Crippen LogP contribution is -2.40. The van der Waals surface area contributed by atoms with Gasteiger partial charge in [0.05, 0.1) is 0 Å². The molecule has 0 amide bonds. The second-order valence-corrected chi connectivity index (χ2v) is 5.32. The summed E-state index contributed by atoms with van der Waals surface area (Å²) in [6.45, 7) is 5.73. The molecule has 1 aromatic carbocycles. The van der Waals surface area contributed by atoms with E-state index in [1.54, 1.807) is 0 Å². The summed E-state index contributed by atoms with van der Waals surface area (Å²) in [7, 11) is 0. The number of nitrogens with one attached hydrogen (secondary N) is 1. The molecule has 0 aliphatic carbocycles. The molecule has 1 aliphatic heterocycles. The van der Waals surface area contributed by atoms with Gasteiger partial charge in [-0.15, -0.1) is 0 Å². The smallest absolute Gasteiger partial charge is 0.0408 e. The largest absolute Gasteiger partial charge is 0.313 e. The molecule has 0 bridgehead atoms. The number of benzene rings is 1. The lowest BCUT2D eigenvalue weighted by molar-refractivity contribution is 0.377. The zero-order valence-electron chi connectivity index (χ0n) is 9.39. The fourth-order valence-electron chi connectivity index (χ4n) is 2.39. The standard InChI is InChI=1S/C13H18ClN/c1-13(2,12-7-4-8-15-12)10-5-3-6-11(14)9-10/h3,5-6,9,12,15H,4,7-8H2,1-2H3. The summed E-state index contributed by atoms with van der Waals surface area (Å²) in [5.41, 5.74) is 1.50. The van der Waals surface area contributed by atoms with Gasteiger partial charge in [-0.3, -0.25) is 0 Å². The first-order chi connectivity index (χ1) is 7.10. The average Bonchev–Trinajstić information content (AvgIpc) is 2.71. The molecule has 2 heteroatoms. The van der Waals surface area contributed by atoms with Crippen LogP contribution in [0.15, 0.2) is 24.3 Å². The van der Waals surface area contributed by atoms with Crippen LogP contribution in [0, 0.1) is 0 Å². The fourth-order valence-corrected chi connectivity index (χ4v) is 2.58. The summed E-state index contributed by atoms with van der Waals surface area (Å²) in [5.74, 6) is 0. The Morgan fingerprint density at radius 1 is 1.40 bits per heavy atom. The van der Waals surface area contributed by atoms with Crippen LogP contribution < -0.4 is 5.32 Å². The van der Waals surface area contributed by atoms with E-state index in [0.717, 1.165) is 11.6 Å². The molecule has 0 radical (unpaired) electrons. The molecule has 1 atom stereocenters. The van der Waals surface area contributed by atoms with E-state index in [4.69, 9.17) is 11.6 Å². The van der Waals surface area contributed by atoms with Gasteiger partial charge in [-0.2, -0.15) is 0 Å².